The molecule has 0 aromatic heterocycles. The van der Waals surface area contributed by atoms with Crippen LogP contribution in [0.2, 0.25) is 0 Å². The Morgan fingerprint density at radius 2 is 2.04 bits per heavy atom. The molecule has 0 saturated carbocycles. The predicted molar refractivity (Wildman–Crippen MR) is 82.3 cm³/mol. The molecule has 1 N–H and O–H groups in total. The van der Waals surface area contributed by atoms with Gasteiger partial charge < -0.3 is 10.2 Å². The highest BCUT2D eigenvalue weighted by atomic mass is 16.2. The third-order valence-electron chi connectivity index (χ3n) is 4.00. The molecule has 23 heavy (non-hydrogen) atoms. The van der Waals surface area contributed by atoms with Crippen LogP contribution >= 0.6 is 0 Å². The zero-order valence-corrected chi connectivity index (χ0v) is 13.3. The van der Waals surface area contributed by atoms with Gasteiger partial charge in [0.2, 0.25) is 5.91 Å². The summed E-state index contributed by atoms with van der Waals surface area (Å²) in [5, 5.41) is 3.19. The van der Waals surface area contributed by atoms with E-state index in [0.29, 0.717) is 13.1 Å². The molecule has 1 unspecified atom stereocenters. The molecular formula is C15H22N4O4. The molecule has 8 nitrogen and oxygen atoms in total. The topological polar surface area (TPSA) is 90.0 Å². The third-order valence-corrected chi connectivity index (χ3v) is 4.00. The molecule has 0 aliphatic carbocycles. The summed E-state index contributed by atoms with van der Waals surface area (Å²) in [6, 6.07) is -0.690. The van der Waals surface area contributed by atoms with E-state index in [9.17, 15) is 19.2 Å². The Labute approximate surface area is 135 Å². The zero-order valence-electron chi connectivity index (χ0n) is 13.3. The maximum atomic E-state index is 12.5. The fourth-order valence-corrected chi connectivity index (χ4v) is 2.86. The second-order valence-electron chi connectivity index (χ2n) is 5.61. The molecule has 2 fully saturated rings. The number of urea groups is 1. The SMILES string of the molecule is C=CCN1C(=O)C(=O)N(CC(=O)N(CCC)C2CCNC2)C1=O. The summed E-state index contributed by atoms with van der Waals surface area (Å²) in [6.45, 7) is 7.08. The van der Waals surface area contributed by atoms with Gasteiger partial charge in [-0.1, -0.05) is 13.0 Å². The van der Waals surface area contributed by atoms with Crippen LogP contribution in [0.5, 0.6) is 0 Å². The van der Waals surface area contributed by atoms with Gasteiger partial charge in [-0.3, -0.25) is 19.3 Å². The van der Waals surface area contributed by atoms with Crippen LogP contribution in [0, 0.1) is 0 Å². The normalized spacial score (nSPS) is 21.3. The molecule has 0 aromatic carbocycles. The van der Waals surface area contributed by atoms with Crippen molar-refractivity contribution < 1.29 is 19.2 Å². The molecule has 2 saturated heterocycles. The van der Waals surface area contributed by atoms with E-state index in [1.165, 1.54) is 6.08 Å². The first-order valence-electron chi connectivity index (χ1n) is 7.79. The average Bonchev–Trinajstić information content (AvgIpc) is 3.12. The summed E-state index contributed by atoms with van der Waals surface area (Å²) < 4.78 is 0. The Hall–Kier alpha value is -2.22. The third kappa shape index (κ3) is 3.42. The van der Waals surface area contributed by atoms with E-state index in [1.54, 1.807) is 4.90 Å². The summed E-state index contributed by atoms with van der Waals surface area (Å²) in [6.07, 6.45) is 2.99. The van der Waals surface area contributed by atoms with Crippen molar-refractivity contribution >= 4 is 23.8 Å². The second-order valence-corrected chi connectivity index (χ2v) is 5.61. The van der Waals surface area contributed by atoms with Crippen molar-refractivity contribution in [1.82, 2.24) is 20.0 Å². The molecule has 2 heterocycles. The van der Waals surface area contributed by atoms with Crippen LogP contribution in [0.4, 0.5) is 4.79 Å². The Bertz CT molecular complexity index is 528. The largest absolute Gasteiger partial charge is 0.337 e. The molecule has 0 radical (unpaired) electrons. The summed E-state index contributed by atoms with van der Waals surface area (Å²) in [7, 11) is 0. The van der Waals surface area contributed by atoms with E-state index in [0.717, 1.165) is 29.2 Å². The van der Waals surface area contributed by atoms with Crippen molar-refractivity contribution in [2.75, 3.05) is 32.7 Å². The van der Waals surface area contributed by atoms with E-state index >= 15 is 0 Å². The summed E-state index contributed by atoms with van der Waals surface area (Å²) in [4.78, 5) is 51.6. The molecule has 5 amide bonds. The number of hydrogen-bond donors (Lipinski definition) is 1. The average molecular weight is 322 g/mol. The van der Waals surface area contributed by atoms with Gasteiger partial charge in [0.1, 0.15) is 6.54 Å². The van der Waals surface area contributed by atoms with Crippen molar-refractivity contribution in [3.8, 4) is 0 Å². The van der Waals surface area contributed by atoms with E-state index in [1.807, 2.05) is 6.92 Å². The number of amides is 5. The minimum atomic E-state index is -0.953. The van der Waals surface area contributed by atoms with Gasteiger partial charge in [-0.15, -0.1) is 6.58 Å². The lowest BCUT2D eigenvalue weighted by molar-refractivity contribution is -0.145. The summed E-state index contributed by atoms with van der Waals surface area (Å²) in [5.41, 5.74) is 0. The van der Waals surface area contributed by atoms with Gasteiger partial charge in [-0.05, 0) is 19.4 Å². The predicted octanol–water partition coefficient (Wildman–Crippen LogP) is -0.436. The fraction of sp³-hybridized carbons (Fsp3) is 0.600. The number of imide groups is 2. The first kappa shape index (κ1) is 17.1. The highest BCUT2D eigenvalue weighted by molar-refractivity contribution is 6.45. The molecule has 2 aliphatic rings. The summed E-state index contributed by atoms with van der Waals surface area (Å²) in [5.74, 6) is -2.17. The molecule has 126 valence electrons. The molecule has 1 atom stereocenters. The number of rotatable bonds is 7. The van der Waals surface area contributed by atoms with Crippen molar-refractivity contribution in [2.45, 2.75) is 25.8 Å². The highest BCUT2D eigenvalue weighted by Crippen LogP contribution is 2.15. The second kappa shape index (κ2) is 7.36. The molecular weight excluding hydrogens is 300 g/mol. The number of hydrogen-bond acceptors (Lipinski definition) is 5. The van der Waals surface area contributed by atoms with Gasteiger partial charge in [-0.2, -0.15) is 0 Å². The lowest BCUT2D eigenvalue weighted by Gasteiger charge is -2.29. The Kier molecular flexibility index (Phi) is 5.49. The number of nitrogens with one attached hydrogen (secondary N) is 1. The first-order valence-corrected chi connectivity index (χ1v) is 7.79. The maximum Gasteiger partial charge on any atom is 0.335 e. The van der Waals surface area contributed by atoms with Crippen molar-refractivity contribution in [3.05, 3.63) is 12.7 Å². The van der Waals surface area contributed by atoms with Gasteiger partial charge in [0.15, 0.2) is 0 Å². The Morgan fingerprint density at radius 1 is 1.35 bits per heavy atom. The summed E-state index contributed by atoms with van der Waals surface area (Å²) >= 11 is 0. The smallest absolute Gasteiger partial charge is 0.335 e. The van der Waals surface area contributed by atoms with Crippen LogP contribution in [0.15, 0.2) is 12.7 Å². The molecule has 2 aliphatic heterocycles. The van der Waals surface area contributed by atoms with Gasteiger partial charge in [0.25, 0.3) is 0 Å². The van der Waals surface area contributed by atoms with Crippen molar-refractivity contribution in [3.63, 3.8) is 0 Å². The van der Waals surface area contributed by atoms with Crippen LogP contribution in [0.1, 0.15) is 19.8 Å². The van der Waals surface area contributed by atoms with Gasteiger partial charge in [0, 0.05) is 25.7 Å². The lowest BCUT2D eigenvalue weighted by atomic mass is 10.2. The van der Waals surface area contributed by atoms with Crippen molar-refractivity contribution in [2.24, 2.45) is 0 Å². The fourth-order valence-electron chi connectivity index (χ4n) is 2.86. The quantitative estimate of drug-likeness (QED) is 0.390. The van der Waals surface area contributed by atoms with Crippen LogP contribution in [-0.4, -0.2) is 77.2 Å². The van der Waals surface area contributed by atoms with Crippen LogP contribution in [0.3, 0.4) is 0 Å². The number of carbonyl (C=O) groups excluding carboxylic acids is 4. The van der Waals surface area contributed by atoms with Gasteiger partial charge >= 0.3 is 17.8 Å². The van der Waals surface area contributed by atoms with Gasteiger partial charge in [-0.25, -0.2) is 9.69 Å². The lowest BCUT2D eigenvalue weighted by Crippen LogP contribution is -2.48. The Morgan fingerprint density at radius 3 is 2.61 bits per heavy atom. The zero-order chi connectivity index (χ0) is 17.0. The Balaban J connectivity index is 2.08. The molecule has 8 heteroatoms. The maximum absolute atomic E-state index is 12.5. The molecule has 0 spiro atoms. The van der Waals surface area contributed by atoms with E-state index in [2.05, 4.69) is 11.9 Å². The van der Waals surface area contributed by atoms with Crippen LogP contribution in [0.25, 0.3) is 0 Å². The van der Waals surface area contributed by atoms with Crippen LogP contribution in [-0.2, 0) is 14.4 Å². The molecule has 0 bridgehead atoms. The monoisotopic (exact) mass is 322 g/mol. The minimum Gasteiger partial charge on any atom is -0.337 e. The first-order chi connectivity index (χ1) is 11.0. The van der Waals surface area contributed by atoms with E-state index < -0.39 is 24.4 Å². The molecule has 2 rings (SSSR count). The minimum absolute atomic E-state index is 0.0423. The highest BCUT2D eigenvalue weighted by Gasteiger charge is 2.45. The van der Waals surface area contributed by atoms with Crippen molar-refractivity contribution in [1.29, 1.82) is 0 Å². The standard InChI is InChI=1S/C15H22N4O4/c1-3-7-17(11-5-6-16-9-11)12(20)10-19-14(22)13(21)18(8-4-2)15(19)23/h4,11,16H,2-3,5-10H2,1H3. The van der Waals surface area contributed by atoms with Gasteiger partial charge in [0.05, 0.1) is 0 Å². The number of carbonyl (C=O) groups is 4. The molecule has 0 aromatic rings. The number of nitrogens with zero attached hydrogens (tertiary/aromatic N) is 3. The van der Waals surface area contributed by atoms with E-state index in [4.69, 9.17) is 0 Å². The van der Waals surface area contributed by atoms with Crippen LogP contribution < -0.4 is 5.32 Å². The van der Waals surface area contributed by atoms with E-state index in [-0.39, 0.29) is 18.5 Å².